The predicted octanol–water partition coefficient (Wildman–Crippen LogP) is 2.16. The van der Waals surface area contributed by atoms with Crippen LogP contribution in [0.2, 0.25) is 0 Å². The second kappa shape index (κ2) is 9.65. The third kappa shape index (κ3) is 5.94. The summed E-state index contributed by atoms with van der Waals surface area (Å²) in [5.41, 5.74) is 2.12. The maximum absolute atomic E-state index is 12.3. The third-order valence-electron chi connectivity index (χ3n) is 3.87. The Morgan fingerprint density at radius 3 is 2.74 bits per heavy atom. The van der Waals surface area contributed by atoms with Crippen molar-refractivity contribution in [1.82, 2.24) is 4.90 Å². The Morgan fingerprint density at radius 2 is 2.13 bits per heavy atom. The number of aliphatic hydroxyl groups is 2. The van der Waals surface area contributed by atoms with E-state index in [1.165, 1.54) is 17.6 Å². The lowest BCUT2D eigenvalue weighted by molar-refractivity contribution is -0.151. The van der Waals surface area contributed by atoms with Gasteiger partial charge < -0.3 is 19.8 Å². The number of hydrogen-bond donors (Lipinski definition) is 2. The smallest absolute Gasteiger partial charge is 0.257 e. The van der Waals surface area contributed by atoms with E-state index in [-0.39, 0.29) is 0 Å². The topological polar surface area (TPSA) is 70.0 Å². The number of rotatable bonds is 7. The van der Waals surface area contributed by atoms with Crippen molar-refractivity contribution in [2.45, 2.75) is 58.5 Å². The highest BCUT2D eigenvalue weighted by Gasteiger charge is 2.37. The molecule has 0 unspecified atom stereocenters. The molecule has 0 spiro atoms. The van der Waals surface area contributed by atoms with Gasteiger partial charge in [-0.2, -0.15) is 0 Å². The number of hydrogen-bond acceptors (Lipinski definition) is 4. The van der Waals surface area contributed by atoms with Crippen LogP contribution >= 0.6 is 0 Å². The van der Waals surface area contributed by atoms with E-state index in [4.69, 9.17) is 4.74 Å². The summed E-state index contributed by atoms with van der Waals surface area (Å²) < 4.78 is 5.13. The number of methoxy groups -OCH3 is 1. The highest BCUT2D eigenvalue weighted by Crippen LogP contribution is 2.20. The van der Waals surface area contributed by atoms with Crippen LogP contribution in [-0.4, -0.2) is 53.1 Å². The Bertz CT molecular complexity index is 481. The second-order valence-corrected chi connectivity index (χ2v) is 5.93. The lowest BCUT2D eigenvalue weighted by Crippen LogP contribution is -2.45. The molecule has 1 heterocycles. The van der Waals surface area contributed by atoms with E-state index in [0.717, 1.165) is 12.0 Å². The van der Waals surface area contributed by atoms with Crippen molar-refractivity contribution in [1.29, 1.82) is 0 Å². The number of amides is 1. The Kier molecular flexibility index (Phi) is 8.23. The summed E-state index contributed by atoms with van der Waals surface area (Å²) >= 11 is 0. The second-order valence-electron chi connectivity index (χ2n) is 5.93. The number of likely N-dealkylation sites (tertiary alicyclic amines) is 1. The minimum Gasteiger partial charge on any atom is -0.388 e. The molecule has 0 radical (unpaired) electrons. The molecule has 1 aliphatic rings. The average Bonchev–Trinajstić information content (AvgIpc) is 2.87. The monoisotopic (exact) mass is 323 g/mol. The third-order valence-corrected chi connectivity index (χ3v) is 3.87. The quantitative estimate of drug-likeness (QED) is 0.556. The molecular weight excluding hydrogens is 294 g/mol. The molecule has 23 heavy (non-hydrogen) atoms. The minimum atomic E-state index is -1.21. The van der Waals surface area contributed by atoms with Crippen LogP contribution in [0.25, 0.3) is 0 Å². The molecule has 1 fully saturated rings. The first-order valence-corrected chi connectivity index (χ1v) is 8.10. The van der Waals surface area contributed by atoms with E-state index in [1.807, 2.05) is 26.0 Å². The predicted molar refractivity (Wildman–Crippen MR) is 90.7 cm³/mol. The van der Waals surface area contributed by atoms with Crippen molar-refractivity contribution in [2.24, 2.45) is 0 Å². The van der Waals surface area contributed by atoms with E-state index < -0.39 is 24.3 Å². The van der Waals surface area contributed by atoms with Gasteiger partial charge in [-0.05, 0) is 39.2 Å². The lowest BCUT2D eigenvalue weighted by Gasteiger charge is -2.26. The van der Waals surface area contributed by atoms with Gasteiger partial charge in [-0.15, -0.1) is 0 Å². The van der Waals surface area contributed by atoms with Crippen LogP contribution in [0.4, 0.5) is 0 Å². The summed E-state index contributed by atoms with van der Waals surface area (Å²) in [6.07, 6.45) is 7.31. The van der Waals surface area contributed by atoms with Crippen LogP contribution in [-0.2, 0) is 9.53 Å². The molecule has 2 N–H and O–H groups in total. The van der Waals surface area contributed by atoms with E-state index in [2.05, 4.69) is 13.0 Å². The van der Waals surface area contributed by atoms with Gasteiger partial charge in [0.05, 0.1) is 0 Å². The molecule has 1 saturated heterocycles. The van der Waals surface area contributed by atoms with E-state index >= 15 is 0 Å². The first-order chi connectivity index (χ1) is 10.9. The van der Waals surface area contributed by atoms with E-state index in [1.54, 1.807) is 6.08 Å². The van der Waals surface area contributed by atoms with Crippen molar-refractivity contribution in [3.63, 3.8) is 0 Å². The first-order valence-electron chi connectivity index (χ1n) is 8.10. The van der Waals surface area contributed by atoms with Gasteiger partial charge >= 0.3 is 0 Å². The summed E-state index contributed by atoms with van der Waals surface area (Å²) in [4.78, 5) is 13.7. The Labute approximate surface area is 138 Å². The fraction of sp³-hybridized carbons (Fsp3) is 0.611. The van der Waals surface area contributed by atoms with Gasteiger partial charge in [0.1, 0.15) is 6.10 Å². The maximum atomic E-state index is 12.3. The van der Waals surface area contributed by atoms with Crippen molar-refractivity contribution in [2.75, 3.05) is 13.7 Å². The van der Waals surface area contributed by atoms with Crippen molar-refractivity contribution >= 4 is 5.91 Å². The largest absolute Gasteiger partial charge is 0.388 e. The zero-order chi connectivity index (χ0) is 17.4. The molecule has 1 aliphatic heterocycles. The summed E-state index contributed by atoms with van der Waals surface area (Å²) in [6.45, 7) is 6.41. The van der Waals surface area contributed by atoms with Gasteiger partial charge in [0, 0.05) is 13.7 Å². The summed E-state index contributed by atoms with van der Waals surface area (Å²) in [5.74, 6) is -0.432. The molecule has 5 nitrogen and oxygen atoms in total. The first kappa shape index (κ1) is 19.6. The Balaban J connectivity index is 2.61. The van der Waals surface area contributed by atoms with Crippen molar-refractivity contribution < 1.29 is 19.7 Å². The zero-order valence-electron chi connectivity index (χ0n) is 14.5. The van der Waals surface area contributed by atoms with Gasteiger partial charge in [0.25, 0.3) is 5.91 Å². The van der Waals surface area contributed by atoms with Crippen LogP contribution < -0.4 is 0 Å². The minimum absolute atomic E-state index is 0.392. The SMILES string of the molecule is CC/C=C(C)/C=C/C/C(C)=C/[C@H](O)C(=O)N1CC[C@H](O)[C@@H]1OC. The number of nitrogens with zero attached hydrogens (tertiary/aromatic N) is 1. The molecule has 3 atom stereocenters. The highest BCUT2D eigenvalue weighted by atomic mass is 16.5. The number of ether oxygens (including phenoxy) is 1. The molecular formula is C18H29NO4. The van der Waals surface area contributed by atoms with Crippen LogP contribution in [0, 0.1) is 0 Å². The van der Waals surface area contributed by atoms with E-state index in [9.17, 15) is 15.0 Å². The standard InChI is InChI=1S/C18H29NO4/c1-5-7-13(2)8-6-9-14(3)12-16(21)17(22)19-11-10-15(20)18(19)23-4/h6-8,12,15-16,18,20-21H,5,9-11H2,1-4H3/b8-6+,13-7+,14-12+/t15-,16-,18-/m0/s1. The summed E-state index contributed by atoms with van der Waals surface area (Å²) in [6, 6.07) is 0. The molecule has 1 amide bonds. The number of allylic oxidation sites excluding steroid dienone is 5. The molecule has 5 heteroatoms. The lowest BCUT2D eigenvalue weighted by atomic mass is 10.1. The Hall–Kier alpha value is -1.43. The average molecular weight is 323 g/mol. The van der Waals surface area contributed by atoms with Crippen LogP contribution in [0.15, 0.2) is 35.5 Å². The molecule has 0 bridgehead atoms. The molecule has 0 aromatic rings. The van der Waals surface area contributed by atoms with Crippen molar-refractivity contribution in [3.05, 3.63) is 35.5 Å². The van der Waals surface area contributed by atoms with Gasteiger partial charge in [0.15, 0.2) is 12.3 Å². The molecule has 0 aromatic heterocycles. The molecule has 0 aromatic carbocycles. The fourth-order valence-corrected chi connectivity index (χ4v) is 2.67. The number of carbonyl (C=O) groups is 1. The van der Waals surface area contributed by atoms with Gasteiger partial charge in [-0.1, -0.05) is 36.3 Å². The van der Waals surface area contributed by atoms with Crippen LogP contribution in [0.5, 0.6) is 0 Å². The fourth-order valence-electron chi connectivity index (χ4n) is 2.67. The Morgan fingerprint density at radius 1 is 1.43 bits per heavy atom. The highest BCUT2D eigenvalue weighted by molar-refractivity contribution is 5.83. The normalized spacial score (nSPS) is 24.5. The molecule has 130 valence electrons. The van der Waals surface area contributed by atoms with Crippen LogP contribution in [0.3, 0.4) is 0 Å². The van der Waals surface area contributed by atoms with E-state index in [0.29, 0.717) is 19.4 Å². The van der Waals surface area contributed by atoms with Gasteiger partial charge in [-0.25, -0.2) is 0 Å². The van der Waals surface area contributed by atoms with Crippen LogP contribution in [0.1, 0.15) is 40.0 Å². The molecule has 0 aliphatic carbocycles. The number of carbonyl (C=O) groups excluding carboxylic acids is 1. The van der Waals surface area contributed by atoms with Gasteiger partial charge in [-0.3, -0.25) is 4.79 Å². The van der Waals surface area contributed by atoms with Gasteiger partial charge in [0.2, 0.25) is 0 Å². The summed E-state index contributed by atoms with van der Waals surface area (Å²) in [5, 5.41) is 19.9. The zero-order valence-corrected chi connectivity index (χ0v) is 14.5. The maximum Gasteiger partial charge on any atom is 0.257 e. The molecule has 1 rings (SSSR count). The number of aliphatic hydroxyl groups excluding tert-OH is 2. The van der Waals surface area contributed by atoms with Crippen molar-refractivity contribution in [3.8, 4) is 0 Å². The summed E-state index contributed by atoms with van der Waals surface area (Å²) in [7, 11) is 1.45. The molecule has 0 saturated carbocycles.